The normalized spacial score (nSPS) is 10.2. The number of nitro groups is 1. The van der Waals surface area contributed by atoms with Gasteiger partial charge in [0, 0.05) is 23.8 Å². The number of halogens is 1. The number of nitrogens with zero attached hydrogens (tertiary/aromatic N) is 2. The molecule has 0 aliphatic heterocycles. The van der Waals surface area contributed by atoms with Gasteiger partial charge in [0.25, 0.3) is 0 Å². The van der Waals surface area contributed by atoms with Crippen LogP contribution in [0.3, 0.4) is 0 Å². The van der Waals surface area contributed by atoms with Gasteiger partial charge in [0.1, 0.15) is 6.61 Å². The molecule has 0 aliphatic carbocycles. The second-order valence-electron chi connectivity index (χ2n) is 3.21. The van der Waals surface area contributed by atoms with Crippen LogP contribution < -0.4 is 5.56 Å². The molecule has 0 saturated carbocycles. The van der Waals surface area contributed by atoms with Crippen molar-refractivity contribution in [3.8, 4) is 0 Å². The topological polar surface area (TPSA) is 91.4 Å². The molecule has 0 fully saturated rings. The zero-order chi connectivity index (χ0) is 13.0. The van der Waals surface area contributed by atoms with E-state index in [1.165, 1.54) is 13.3 Å². The van der Waals surface area contributed by atoms with Crippen molar-refractivity contribution in [3.63, 3.8) is 0 Å². The molecule has 1 heterocycles. The fraction of sp³-hybridized carbons (Fsp3) is 0.333. The molecule has 0 amide bonds. The number of hydrogen-bond donors (Lipinski definition) is 0. The largest absolute Gasteiger partial charge is 0.377 e. The van der Waals surface area contributed by atoms with Crippen LogP contribution in [0.2, 0.25) is 0 Å². The smallest absolute Gasteiger partial charge is 0.335 e. The average molecular weight is 305 g/mol. The van der Waals surface area contributed by atoms with Crippen LogP contribution in [0.15, 0.2) is 21.5 Å². The Kier molecular flexibility index (Phi) is 4.53. The Morgan fingerprint density at radius 3 is 2.82 bits per heavy atom. The van der Waals surface area contributed by atoms with Crippen LogP contribution in [-0.4, -0.2) is 29.0 Å². The Morgan fingerprint density at radius 1 is 1.65 bits per heavy atom. The van der Waals surface area contributed by atoms with Crippen molar-refractivity contribution >= 4 is 27.4 Å². The van der Waals surface area contributed by atoms with Crippen molar-refractivity contribution in [1.82, 2.24) is 4.57 Å². The lowest BCUT2D eigenvalue weighted by Crippen LogP contribution is -2.27. The molecule has 0 saturated heterocycles. The number of pyridine rings is 1. The molecule has 0 bridgehead atoms. The van der Waals surface area contributed by atoms with Gasteiger partial charge in [-0.2, -0.15) is 0 Å². The summed E-state index contributed by atoms with van der Waals surface area (Å²) in [6.45, 7) is -0.403. The van der Waals surface area contributed by atoms with Crippen molar-refractivity contribution in [2.24, 2.45) is 0 Å². The van der Waals surface area contributed by atoms with E-state index in [2.05, 4.69) is 20.7 Å². The molecule has 1 rings (SSSR count). The Balaban J connectivity index is 3.12. The van der Waals surface area contributed by atoms with Crippen molar-refractivity contribution in [1.29, 1.82) is 0 Å². The summed E-state index contributed by atoms with van der Waals surface area (Å²) in [5, 5.41) is 10.6. The molecule has 0 spiro atoms. The number of hydrogen-bond acceptors (Lipinski definition) is 5. The first-order valence-corrected chi connectivity index (χ1v) is 5.30. The summed E-state index contributed by atoms with van der Waals surface area (Å²) in [4.78, 5) is 32.7. The molecule has 0 unspecified atom stereocenters. The van der Waals surface area contributed by atoms with Gasteiger partial charge < -0.3 is 9.30 Å². The summed E-state index contributed by atoms with van der Waals surface area (Å²) < 4.78 is 5.94. The maximum Gasteiger partial charge on any atom is 0.335 e. The SMILES string of the molecule is COCC(=O)Cn1cc(Br)cc([N+](=O)[O-])c1=O. The van der Waals surface area contributed by atoms with Gasteiger partial charge in [-0.25, -0.2) is 0 Å². The van der Waals surface area contributed by atoms with Crippen LogP contribution in [0.5, 0.6) is 0 Å². The lowest BCUT2D eigenvalue weighted by Gasteiger charge is -2.04. The van der Waals surface area contributed by atoms with Crippen LogP contribution in [-0.2, 0) is 16.1 Å². The minimum Gasteiger partial charge on any atom is -0.377 e. The van der Waals surface area contributed by atoms with Gasteiger partial charge in [-0.1, -0.05) is 0 Å². The molecular formula is C9H9BrN2O5. The zero-order valence-electron chi connectivity index (χ0n) is 8.88. The van der Waals surface area contributed by atoms with E-state index in [4.69, 9.17) is 0 Å². The molecule has 7 nitrogen and oxygen atoms in total. The Hall–Kier alpha value is -1.54. The molecule has 0 radical (unpaired) electrons. The van der Waals surface area contributed by atoms with E-state index in [0.717, 1.165) is 10.6 Å². The van der Waals surface area contributed by atoms with E-state index in [1.807, 2.05) is 0 Å². The summed E-state index contributed by atoms with van der Waals surface area (Å²) in [5.41, 5.74) is -1.40. The second-order valence-corrected chi connectivity index (χ2v) is 4.12. The fourth-order valence-corrected chi connectivity index (χ4v) is 1.69. The minimum atomic E-state index is -0.817. The third-order valence-electron chi connectivity index (χ3n) is 1.88. The molecule has 0 aromatic carbocycles. The fourth-order valence-electron chi connectivity index (χ4n) is 1.23. The van der Waals surface area contributed by atoms with Gasteiger partial charge >= 0.3 is 11.2 Å². The summed E-state index contributed by atoms with van der Waals surface area (Å²) in [6.07, 6.45) is 1.32. The Bertz CT molecular complexity index is 511. The summed E-state index contributed by atoms with van der Waals surface area (Å²) in [5.74, 6) is -0.345. The van der Waals surface area contributed by atoms with Gasteiger partial charge in [-0.15, -0.1) is 0 Å². The Morgan fingerprint density at radius 2 is 2.29 bits per heavy atom. The quantitative estimate of drug-likeness (QED) is 0.591. The van der Waals surface area contributed by atoms with E-state index in [9.17, 15) is 19.7 Å². The molecule has 92 valence electrons. The van der Waals surface area contributed by atoms with Crippen molar-refractivity contribution in [2.75, 3.05) is 13.7 Å². The van der Waals surface area contributed by atoms with Crippen LogP contribution in [0.1, 0.15) is 0 Å². The highest BCUT2D eigenvalue weighted by Gasteiger charge is 2.17. The van der Waals surface area contributed by atoms with E-state index in [0.29, 0.717) is 4.47 Å². The third-order valence-corrected chi connectivity index (χ3v) is 2.32. The molecule has 0 atom stereocenters. The maximum atomic E-state index is 11.6. The number of ether oxygens (including phenoxy) is 1. The first kappa shape index (κ1) is 13.5. The zero-order valence-corrected chi connectivity index (χ0v) is 10.5. The lowest BCUT2D eigenvalue weighted by atomic mass is 10.3. The minimum absolute atomic E-state index is 0.146. The predicted octanol–water partition coefficient (Wildman–Crippen LogP) is 0.735. The number of Topliss-reactive ketones (excluding diaryl/α,β-unsaturated/α-hetero) is 1. The number of ketones is 1. The van der Waals surface area contributed by atoms with E-state index in [1.54, 1.807) is 0 Å². The molecule has 0 N–H and O–H groups in total. The monoisotopic (exact) mass is 304 g/mol. The van der Waals surface area contributed by atoms with Gasteiger partial charge in [0.2, 0.25) is 0 Å². The number of carbonyl (C=O) groups is 1. The van der Waals surface area contributed by atoms with Gasteiger partial charge in [0.15, 0.2) is 5.78 Å². The molecule has 1 aromatic rings. The Labute approximate surface area is 104 Å². The first-order valence-electron chi connectivity index (χ1n) is 4.50. The van der Waals surface area contributed by atoms with Crippen LogP contribution in [0.25, 0.3) is 0 Å². The summed E-state index contributed by atoms with van der Waals surface area (Å²) in [6, 6.07) is 1.10. The van der Waals surface area contributed by atoms with E-state index >= 15 is 0 Å². The molecule has 0 aliphatic rings. The van der Waals surface area contributed by atoms with Crippen molar-refractivity contribution < 1.29 is 14.5 Å². The summed E-state index contributed by atoms with van der Waals surface area (Å²) in [7, 11) is 1.35. The number of carbonyl (C=O) groups excluding carboxylic acids is 1. The highest BCUT2D eigenvalue weighted by molar-refractivity contribution is 9.10. The summed E-state index contributed by atoms with van der Waals surface area (Å²) >= 11 is 3.04. The number of methoxy groups -OCH3 is 1. The standard InChI is InChI=1S/C9H9BrN2O5/c1-17-5-7(13)4-11-3-6(10)2-8(9(11)14)12(15)16/h2-3H,4-5H2,1H3. The van der Waals surface area contributed by atoms with E-state index in [-0.39, 0.29) is 18.9 Å². The predicted molar refractivity (Wildman–Crippen MR) is 61.9 cm³/mol. The molecular weight excluding hydrogens is 296 g/mol. The highest BCUT2D eigenvalue weighted by Crippen LogP contribution is 2.13. The van der Waals surface area contributed by atoms with Crippen LogP contribution >= 0.6 is 15.9 Å². The van der Waals surface area contributed by atoms with E-state index < -0.39 is 16.2 Å². The average Bonchev–Trinajstić information content (AvgIpc) is 2.22. The van der Waals surface area contributed by atoms with Crippen LogP contribution in [0, 0.1) is 10.1 Å². The molecule has 8 heteroatoms. The lowest BCUT2D eigenvalue weighted by molar-refractivity contribution is -0.386. The number of rotatable bonds is 5. The van der Waals surface area contributed by atoms with Gasteiger partial charge in [-0.05, 0) is 15.9 Å². The number of aromatic nitrogens is 1. The van der Waals surface area contributed by atoms with Gasteiger partial charge in [0.05, 0.1) is 11.5 Å². The highest BCUT2D eigenvalue weighted by atomic mass is 79.9. The van der Waals surface area contributed by atoms with Crippen LogP contribution in [0.4, 0.5) is 5.69 Å². The van der Waals surface area contributed by atoms with Crippen molar-refractivity contribution in [2.45, 2.75) is 6.54 Å². The third kappa shape index (κ3) is 3.46. The second kappa shape index (κ2) is 5.69. The first-order chi connectivity index (χ1) is 7.95. The molecule has 17 heavy (non-hydrogen) atoms. The van der Waals surface area contributed by atoms with Crippen molar-refractivity contribution in [3.05, 3.63) is 37.2 Å². The molecule has 1 aromatic heterocycles. The maximum absolute atomic E-state index is 11.6. The van der Waals surface area contributed by atoms with Gasteiger partial charge in [-0.3, -0.25) is 19.7 Å².